The summed E-state index contributed by atoms with van der Waals surface area (Å²) in [5.41, 5.74) is 0. The molecule has 1 rings (SSSR count). The average Bonchev–Trinajstić information content (AvgIpc) is 2.53. The molecule has 1 aromatic rings. The summed E-state index contributed by atoms with van der Waals surface area (Å²) in [5, 5.41) is 6.65. The number of rotatable bonds is 10. The largest absolute Gasteiger partial charge is 0.382 e. The number of unbranched alkanes of at least 4 members (excludes halogenated alkanes) is 1. The molecule has 1 aromatic carbocycles. The summed E-state index contributed by atoms with van der Waals surface area (Å²) in [7, 11) is 1.81. The Balaban J connectivity index is 0.00000441. The number of thioether (sulfide) groups is 1. The Bertz CT molecular complexity index is 390. The molecule has 0 aliphatic carbocycles. The quantitative estimate of drug-likeness (QED) is 0.194. The predicted molar refractivity (Wildman–Crippen MR) is 108 cm³/mol. The highest BCUT2D eigenvalue weighted by Gasteiger charge is 1.97. The van der Waals surface area contributed by atoms with Gasteiger partial charge in [0.05, 0.1) is 0 Å². The van der Waals surface area contributed by atoms with Crippen LogP contribution in [-0.4, -0.2) is 45.1 Å². The summed E-state index contributed by atoms with van der Waals surface area (Å²) in [6.07, 6.45) is 2.18. The van der Waals surface area contributed by atoms with E-state index in [-0.39, 0.29) is 24.0 Å². The number of nitrogens with one attached hydrogen (secondary N) is 2. The Kier molecular flexibility index (Phi) is 15.1. The third-order valence-electron chi connectivity index (χ3n) is 2.84. The van der Waals surface area contributed by atoms with E-state index in [1.807, 2.05) is 24.8 Å². The number of halogens is 1. The van der Waals surface area contributed by atoms with Gasteiger partial charge in [-0.2, -0.15) is 0 Å². The number of nitrogens with zero attached hydrogens (tertiary/aromatic N) is 1. The van der Waals surface area contributed by atoms with E-state index in [0.29, 0.717) is 0 Å². The second kappa shape index (κ2) is 15.4. The number of aliphatic imine (C=N–C) groups is 1. The summed E-state index contributed by atoms with van der Waals surface area (Å²) in [6.45, 7) is 5.50. The van der Waals surface area contributed by atoms with Gasteiger partial charge in [-0.25, -0.2) is 0 Å². The van der Waals surface area contributed by atoms with Gasteiger partial charge < -0.3 is 15.4 Å². The van der Waals surface area contributed by atoms with Gasteiger partial charge in [-0.05, 0) is 31.9 Å². The van der Waals surface area contributed by atoms with E-state index in [4.69, 9.17) is 4.74 Å². The highest BCUT2D eigenvalue weighted by Crippen LogP contribution is 2.15. The maximum atomic E-state index is 5.31. The van der Waals surface area contributed by atoms with Crippen LogP contribution in [0.25, 0.3) is 0 Å². The Morgan fingerprint density at radius 2 is 1.86 bits per heavy atom. The van der Waals surface area contributed by atoms with Gasteiger partial charge in [0.1, 0.15) is 0 Å². The van der Waals surface area contributed by atoms with Crippen molar-refractivity contribution in [2.75, 3.05) is 39.1 Å². The summed E-state index contributed by atoms with van der Waals surface area (Å²) >= 11 is 1.85. The van der Waals surface area contributed by atoms with Gasteiger partial charge in [-0.3, -0.25) is 4.99 Å². The number of hydrogen-bond donors (Lipinski definition) is 2. The molecule has 0 spiro atoms. The molecule has 0 aliphatic heterocycles. The molecule has 0 atom stereocenters. The van der Waals surface area contributed by atoms with E-state index in [9.17, 15) is 0 Å². The first kappa shape index (κ1) is 21.5. The maximum absolute atomic E-state index is 5.31. The van der Waals surface area contributed by atoms with Gasteiger partial charge in [-0.15, -0.1) is 35.7 Å². The summed E-state index contributed by atoms with van der Waals surface area (Å²) in [6, 6.07) is 10.4. The van der Waals surface area contributed by atoms with Crippen LogP contribution in [0.3, 0.4) is 0 Å². The number of ether oxygens (including phenoxy) is 1. The molecule has 2 N–H and O–H groups in total. The van der Waals surface area contributed by atoms with Crippen molar-refractivity contribution < 1.29 is 4.74 Å². The van der Waals surface area contributed by atoms with Crippen molar-refractivity contribution in [3.63, 3.8) is 0 Å². The topological polar surface area (TPSA) is 45.6 Å². The minimum atomic E-state index is 0. The van der Waals surface area contributed by atoms with E-state index in [2.05, 4.69) is 39.9 Å². The standard InChI is InChI=1S/C16H27N3OS.HI/c1-3-20-13-8-7-11-18-16(17-2)19-12-14-21-15-9-5-4-6-10-15;/h4-6,9-10H,3,7-8,11-14H2,1-2H3,(H2,17,18,19);1H. The third kappa shape index (κ3) is 11.1. The molecule has 0 radical (unpaired) electrons. The summed E-state index contributed by atoms with van der Waals surface area (Å²) in [4.78, 5) is 5.52. The monoisotopic (exact) mass is 437 g/mol. The van der Waals surface area contributed by atoms with Gasteiger partial charge in [0.2, 0.25) is 0 Å². The smallest absolute Gasteiger partial charge is 0.191 e. The van der Waals surface area contributed by atoms with E-state index in [1.54, 1.807) is 7.05 Å². The highest BCUT2D eigenvalue weighted by molar-refractivity contribution is 14.0. The molecule has 0 amide bonds. The number of hydrogen-bond acceptors (Lipinski definition) is 3. The van der Waals surface area contributed by atoms with Crippen LogP contribution < -0.4 is 10.6 Å². The zero-order chi connectivity index (χ0) is 15.2. The highest BCUT2D eigenvalue weighted by atomic mass is 127. The van der Waals surface area contributed by atoms with Crippen LogP contribution in [0.5, 0.6) is 0 Å². The SMILES string of the molecule is CCOCCCCNC(=NC)NCCSc1ccccc1.I. The van der Waals surface area contributed by atoms with Crippen molar-refractivity contribution >= 4 is 41.7 Å². The van der Waals surface area contributed by atoms with Crippen molar-refractivity contribution in [2.24, 2.45) is 4.99 Å². The van der Waals surface area contributed by atoms with Crippen LogP contribution in [0.2, 0.25) is 0 Å². The van der Waals surface area contributed by atoms with Gasteiger partial charge in [0.25, 0.3) is 0 Å². The molecule has 0 fully saturated rings. The first-order chi connectivity index (χ1) is 10.4. The van der Waals surface area contributed by atoms with Gasteiger partial charge in [0, 0.05) is 44.0 Å². The van der Waals surface area contributed by atoms with Crippen molar-refractivity contribution in [3.05, 3.63) is 30.3 Å². The second-order valence-corrected chi connectivity index (χ2v) is 5.66. The molecule has 0 bridgehead atoms. The fourth-order valence-electron chi connectivity index (χ4n) is 1.76. The lowest BCUT2D eigenvalue weighted by molar-refractivity contribution is 0.143. The van der Waals surface area contributed by atoms with Crippen LogP contribution in [0.15, 0.2) is 40.2 Å². The fraction of sp³-hybridized carbons (Fsp3) is 0.562. The van der Waals surface area contributed by atoms with Crippen LogP contribution in [0, 0.1) is 0 Å². The van der Waals surface area contributed by atoms with Crippen molar-refractivity contribution in [1.82, 2.24) is 10.6 Å². The molecule has 0 aromatic heterocycles. The number of guanidine groups is 1. The van der Waals surface area contributed by atoms with Gasteiger partial charge in [-0.1, -0.05) is 18.2 Å². The van der Waals surface area contributed by atoms with Gasteiger partial charge >= 0.3 is 0 Å². The van der Waals surface area contributed by atoms with Crippen LogP contribution in [0.4, 0.5) is 0 Å². The second-order valence-electron chi connectivity index (χ2n) is 4.49. The molecule has 0 unspecified atom stereocenters. The summed E-state index contributed by atoms with van der Waals surface area (Å²) in [5.74, 6) is 1.90. The first-order valence-corrected chi connectivity index (χ1v) is 8.55. The Hall–Kier alpha value is -0.470. The molecule has 0 saturated heterocycles. The lowest BCUT2D eigenvalue weighted by Crippen LogP contribution is -2.38. The van der Waals surface area contributed by atoms with Crippen molar-refractivity contribution in [1.29, 1.82) is 0 Å². The average molecular weight is 437 g/mol. The van der Waals surface area contributed by atoms with E-state index in [1.165, 1.54) is 4.90 Å². The minimum Gasteiger partial charge on any atom is -0.382 e. The van der Waals surface area contributed by atoms with Crippen LogP contribution in [-0.2, 0) is 4.74 Å². The Morgan fingerprint density at radius 1 is 1.14 bits per heavy atom. The molecular formula is C16H28IN3OS. The first-order valence-electron chi connectivity index (χ1n) is 7.57. The molecule has 0 saturated carbocycles. The minimum absolute atomic E-state index is 0. The van der Waals surface area contributed by atoms with Crippen LogP contribution >= 0.6 is 35.7 Å². The molecule has 22 heavy (non-hydrogen) atoms. The lowest BCUT2D eigenvalue weighted by Gasteiger charge is -2.11. The van der Waals surface area contributed by atoms with E-state index >= 15 is 0 Å². The molecule has 0 heterocycles. The molecule has 6 heteroatoms. The molecule has 0 aliphatic rings. The maximum Gasteiger partial charge on any atom is 0.191 e. The molecular weight excluding hydrogens is 409 g/mol. The number of benzene rings is 1. The molecule has 4 nitrogen and oxygen atoms in total. The summed E-state index contributed by atoms with van der Waals surface area (Å²) < 4.78 is 5.31. The van der Waals surface area contributed by atoms with Crippen molar-refractivity contribution in [2.45, 2.75) is 24.7 Å². The van der Waals surface area contributed by atoms with Crippen molar-refractivity contribution in [3.8, 4) is 0 Å². The predicted octanol–water partition coefficient (Wildman–Crippen LogP) is 3.38. The Labute approximate surface area is 155 Å². The third-order valence-corrected chi connectivity index (χ3v) is 3.86. The normalized spacial score (nSPS) is 10.9. The van der Waals surface area contributed by atoms with E-state index in [0.717, 1.165) is 50.9 Å². The van der Waals surface area contributed by atoms with E-state index < -0.39 is 0 Å². The zero-order valence-corrected chi connectivity index (χ0v) is 16.7. The Morgan fingerprint density at radius 3 is 2.55 bits per heavy atom. The zero-order valence-electron chi connectivity index (χ0n) is 13.5. The fourth-order valence-corrected chi connectivity index (χ4v) is 2.55. The van der Waals surface area contributed by atoms with Gasteiger partial charge in [0.15, 0.2) is 5.96 Å². The van der Waals surface area contributed by atoms with Crippen LogP contribution in [0.1, 0.15) is 19.8 Å². The lowest BCUT2D eigenvalue weighted by atomic mass is 10.3. The molecule has 126 valence electrons.